The Hall–Kier alpha value is -3.46. The summed E-state index contributed by atoms with van der Waals surface area (Å²) in [5.41, 5.74) is -2.69. The maximum Gasteiger partial charge on any atom is 0.416 e. The van der Waals surface area contributed by atoms with Gasteiger partial charge in [-0.15, -0.1) is 0 Å². The van der Waals surface area contributed by atoms with Crippen molar-refractivity contribution in [2.24, 2.45) is 0 Å². The normalized spacial score (nSPS) is 22.6. The van der Waals surface area contributed by atoms with Crippen molar-refractivity contribution in [1.82, 2.24) is 29.6 Å². The number of amides is 2. The summed E-state index contributed by atoms with van der Waals surface area (Å²) in [5, 5.41) is 0.622. The molecule has 6 rings (SSSR count). The van der Waals surface area contributed by atoms with Crippen molar-refractivity contribution in [3.05, 3.63) is 93.0 Å². The van der Waals surface area contributed by atoms with Crippen LogP contribution in [0.2, 0.25) is 10.0 Å². The molecule has 3 fully saturated rings. The molecule has 0 bridgehead atoms. The van der Waals surface area contributed by atoms with Crippen LogP contribution in [0.1, 0.15) is 56.8 Å². The highest BCUT2D eigenvalue weighted by molar-refractivity contribution is 6.42. The van der Waals surface area contributed by atoms with Crippen molar-refractivity contribution in [2.75, 3.05) is 45.8 Å². The SMILES string of the molecule is O=C(c1cnccn1)N1CC[C@@H](N2CCN([C@H]3CCN(C(=O)c4cc(C(F)(F)F)cc(C(F)(F)F)c4)[C@H](Cc4ccc(Cl)c(Cl)c4)C3)CC2)C1. The molecule has 4 heterocycles. The Bertz CT molecular complexity index is 1670. The van der Waals surface area contributed by atoms with Crippen molar-refractivity contribution in [2.45, 2.75) is 56.2 Å². The number of halogens is 8. The lowest BCUT2D eigenvalue weighted by Crippen LogP contribution is -2.58. The number of likely N-dealkylation sites (tertiary alicyclic amines) is 2. The zero-order valence-corrected chi connectivity index (χ0v) is 28.2. The molecule has 2 aromatic carbocycles. The van der Waals surface area contributed by atoms with Crippen LogP contribution in [-0.2, 0) is 18.8 Å². The highest BCUT2D eigenvalue weighted by Crippen LogP contribution is 2.37. The van der Waals surface area contributed by atoms with Gasteiger partial charge in [0.25, 0.3) is 11.8 Å². The van der Waals surface area contributed by atoms with Gasteiger partial charge in [-0.05, 0) is 61.6 Å². The summed E-state index contributed by atoms with van der Waals surface area (Å²) in [6.45, 7) is 4.35. The van der Waals surface area contributed by atoms with Crippen molar-refractivity contribution in [3.63, 3.8) is 0 Å². The smallest absolute Gasteiger partial charge is 0.336 e. The van der Waals surface area contributed by atoms with E-state index >= 15 is 0 Å². The van der Waals surface area contributed by atoms with Gasteiger partial charge in [0.15, 0.2) is 0 Å². The maximum atomic E-state index is 13.8. The minimum Gasteiger partial charge on any atom is -0.336 e. The standard InChI is InChI=1S/C34H34Cl2F6N6O2/c35-28-2-1-21(14-29(28)36)13-27-18-25(4-8-48(27)31(49)22-15-23(33(37,38)39)17-24(16-22)34(40,41)42)45-9-11-46(12-10-45)26-3-7-47(20-26)32(50)30-19-43-5-6-44-30/h1-2,5-6,14-17,19,25-27H,3-4,7-13,18,20H2/t25-,26+,27+/m0/s1. The van der Waals surface area contributed by atoms with E-state index in [1.807, 2.05) is 0 Å². The average Bonchev–Trinajstić information content (AvgIpc) is 3.59. The molecular weight excluding hydrogens is 709 g/mol. The number of rotatable bonds is 6. The molecule has 0 N–H and O–H groups in total. The molecule has 3 aliphatic heterocycles. The number of carbonyl (C=O) groups is 2. The lowest BCUT2D eigenvalue weighted by molar-refractivity contribution is -0.143. The van der Waals surface area contributed by atoms with E-state index in [4.69, 9.17) is 23.2 Å². The van der Waals surface area contributed by atoms with Gasteiger partial charge in [0.1, 0.15) is 5.69 Å². The predicted octanol–water partition coefficient (Wildman–Crippen LogP) is 6.57. The number of hydrogen-bond acceptors (Lipinski definition) is 6. The van der Waals surface area contributed by atoms with Gasteiger partial charge in [-0.2, -0.15) is 26.3 Å². The fourth-order valence-electron chi connectivity index (χ4n) is 7.27. The number of piperazine rings is 1. The molecule has 3 saturated heterocycles. The van der Waals surface area contributed by atoms with Gasteiger partial charge in [-0.3, -0.25) is 24.4 Å². The molecule has 0 unspecified atom stereocenters. The van der Waals surface area contributed by atoms with Crippen LogP contribution in [0.3, 0.4) is 0 Å². The minimum atomic E-state index is -5.08. The van der Waals surface area contributed by atoms with E-state index in [1.54, 1.807) is 23.1 Å². The topological polar surface area (TPSA) is 72.9 Å². The van der Waals surface area contributed by atoms with E-state index in [0.717, 1.165) is 38.2 Å². The van der Waals surface area contributed by atoms with Crippen LogP contribution in [0, 0.1) is 0 Å². The Morgan fingerprint density at radius 3 is 2.00 bits per heavy atom. The van der Waals surface area contributed by atoms with Crippen LogP contribution in [0.25, 0.3) is 0 Å². The van der Waals surface area contributed by atoms with Gasteiger partial charge < -0.3 is 9.80 Å². The summed E-state index contributed by atoms with van der Waals surface area (Å²) in [4.78, 5) is 42.7. The summed E-state index contributed by atoms with van der Waals surface area (Å²) in [6.07, 6.45) is -3.61. The molecule has 0 aliphatic carbocycles. The molecule has 8 nitrogen and oxygen atoms in total. The van der Waals surface area contributed by atoms with Crippen molar-refractivity contribution in [3.8, 4) is 0 Å². The van der Waals surface area contributed by atoms with Crippen molar-refractivity contribution >= 4 is 35.0 Å². The summed E-state index contributed by atoms with van der Waals surface area (Å²) in [5.74, 6) is -1.04. The second kappa shape index (κ2) is 14.6. The average molecular weight is 744 g/mol. The molecular formula is C34H34Cl2F6N6O2. The highest BCUT2D eigenvalue weighted by Gasteiger charge is 2.41. The summed E-state index contributed by atoms with van der Waals surface area (Å²) in [6, 6.07) is 5.71. The number of hydrogen-bond donors (Lipinski definition) is 0. The number of alkyl halides is 6. The van der Waals surface area contributed by atoms with Crippen LogP contribution >= 0.6 is 23.2 Å². The van der Waals surface area contributed by atoms with Gasteiger partial charge in [0, 0.05) is 81.9 Å². The molecule has 0 radical (unpaired) electrons. The quantitative estimate of drug-likeness (QED) is 0.266. The maximum absolute atomic E-state index is 13.8. The number of nitrogens with zero attached hydrogens (tertiary/aromatic N) is 6. The van der Waals surface area contributed by atoms with Crippen LogP contribution in [0.15, 0.2) is 55.0 Å². The number of piperidine rings is 1. The fourth-order valence-corrected chi connectivity index (χ4v) is 7.59. The van der Waals surface area contributed by atoms with E-state index in [0.29, 0.717) is 53.8 Å². The first-order valence-electron chi connectivity index (χ1n) is 16.2. The first-order valence-corrected chi connectivity index (χ1v) is 17.0. The summed E-state index contributed by atoms with van der Waals surface area (Å²) >= 11 is 12.4. The third-order valence-electron chi connectivity index (χ3n) is 9.85. The predicted molar refractivity (Wildman–Crippen MR) is 174 cm³/mol. The van der Waals surface area contributed by atoms with Crippen LogP contribution in [-0.4, -0.2) is 105 Å². The van der Waals surface area contributed by atoms with E-state index in [2.05, 4.69) is 19.8 Å². The second-order valence-corrected chi connectivity index (χ2v) is 13.7. The van der Waals surface area contributed by atoms with E-state index in [9.17, 15) is 35.9 Å². The molecule has 2 amide bonds. The lowest BCUT2D eigenvalue weighted by Gasteiger charge is -2.47. The summed E-state index contributed by atoms with van der Waals surface area (Å²) < 4.78 is 81.8. The first kappa shape index (κ1) is 36.3. The molecule has 3 aromatic rings. The zero-order valence-electron chi connectivity index (χ0n) is 26.7. The van der Waals surface area contributed by atoms with Crippen LogP contribution in [0.5, 0.6) is 0 Å². The van der Waals surface area contributed by atoms with Gasteiger partial charge in [0.2, 0.25) is 0 Å². The van der Waals surface area contributed by atoms with Crippen LogP contribution in [0.4, 0.5) is 26.3 Å². The highest BCUT2D eigenvalue weighted by atomic mass is 35.5. The zero-order chi connectivity index (χ0) is 35.8. The monoisotopic (exact) mass is 742 g/mol. The Balaban J connectivity index is 1.16. The van der Waals surface area contributed by atoms with Gasteiger partial charge >= 0.3 is 12.4 Å². The van der Waals surface area contributed by atoms with Gasteiger partial charge in [-0.1, -0.05) is 29.3 Å². The van der Waals surface area contributed by atoms with E-state index in [1.165, 1.54) is 23.5 Å². The molecule has 0 saturated carbocycles. The largest absolute Gasteiger partial charge is 0.416 e. The van der Waals surface area contributed by atoms with Crippen molar-refractivity contribution < 1.29 is 35.9 Å². The van der Waals surface area contributed by atoms with E-state index < -0.39 is 41.0 Å². The Labute approximate surface area is 294 Å². The second-order valence-electron chi connectivity index (χ2n) is 12.9. The molecule has 268 valence electrons. The lowest BCUT2D eigenvalue weighted by atomic mass is 9.90. The Kier molecular flexibility index (Phi) is 10.6. The first-order chi connectivity index (χ1) is 23.7. The molecule has 3 aliphatic rings. The van der Waals surface area contributed by atoms with Crippen molar-refractivity contribution in [1.29, 1.82) is 0 Å². The third-order valence-corrected chi connectivity index (χ3v) is 10.6. The third kappa shape index (κ3) is 8.19. The van der Waals surface area contributed by atoms with Crippen LogP contribution < -0.4 is 0 Å². The molecule has 1 aromatic heterocycles. The Morgan fingerprint density at radius 1 is 0.760 bits per heavy atom. The fraction of sp³-hybridized carbons (Fsp3) is 0.471. The number of aromatic nitrogens is 2. The Morgan fingerprint density at radius 2 is 1.40 bits per heavy atom. The minimum absolute atomic E-state index is 0.0226. The number of carbonyl (C=O) groups excluding carboxylic acids is 2. The summed E-state index contributed by atoms with van der Waals surface area (Å²) in [7, 11) is 0. The van der Waals surface area contributed by atoms with E-state index in [-0.39, 0.29) is 37.0 Å². The molecule has 0 spiro atoms. The van der Waals surface area contributed by atoms with Gasteiger partial charge in [0.05, 0.1) is 27.4 Å². The number of benzene rings is 2. The molecule has 50 heavy (non-hydrogen) atoms. The van der Waals surface area contributed by atoms with Gasteiger partial charge in [-0.25, -0.2) is 4.98 Å². The molecule has 16 heteroatoms. The molecule has 3 atom stereocenters.